The van der Waals surface area contributed by atoms with E-state index in [-0.39, 0.29) is 12.3 Å². The molecule has 15 heavy (non-hydrogen) atoms. The molecule has 0 unspecified atom stereocenters. The minimum absolute atomic E-state index is 0.101. The van der Waals surface area contributed by atoms with Gasteiger partial charge in [0.25, 0.3) is 0 Å². The fourth-order valence-corrected chi connectivity index (χ4v) is 1.39. The van der Waals surface area contributed by atoms with Crippen LogP contribution in [0.15, 0.2) is 30.3 Å². The van der Waals surface area contributed by atoms with Crippen molar-refractivity contribution in [3.8, 4) is 6.07 Å². The molecule has 1 amide bonds. The average molecular weight is 202 g/mol. The molecule has 1 aromatic carbocycles. The molecule has 78 valence electrons. The Bertz CT molecular complexity index is 376. The summed E-state index contributed by atoms with van der Waals surface area (Å²) in [4.78, 5) is 11.3. The standard InChI is InChI=1S/C12H14N2O/c1-12(2,14-11(15)8-9-13)10-6-4-3-5-7-10/h3-7H,8H2,1-2H3,(H,14,15). The van der Waals surface area contributed by atoms with Crippen LogP contribution in [0.2, 0.25) is 0 Å². The number of nitrogens with zero attached hydrogens (tertiary/aromatic N) is 1. The summed E-state index contributed by atoms with van der Waals surface area (Å²) >= 11 is 0. The van der Waals surface area contributed by atoms with Gasteiger partial charge in [-0.3, -0.25) is 4.79 Å². The number of amides is 1. The van der Waals surface area contributed by atoms with Gasteiger partial charge in [-0.2, -0.15) is 5.26 Å². The number of carbonyl (C=O) groups is 1. The van der Waals surface area contributed by atoms with Gasteiger partial charge < -0.3 is 5.32 Å². The highest BCUT2D eigenvalue weighted by molar-refractivity contribution is 5.78. The third kappa shape index (κ3) is 3.10. The SMILES string of the molecule is CC(C)(NC(=O)CC#N)c1ccccc1. The molecule has 3 nitrogen and oxygen atoms in total. The van der Waals surface area contributed by atoms with Gasteiger partial charge in [0.1, 0.15) is 6.42 Å². The van der Waals surface area contributed by atoms with Crippen molar-refractivity contribution in [3.63, 3.8) is 0 Å². The van der Waals surface area contributed by atoms with Gasteiger partial charge in [0.05, 0.1) is 11.6 Å². The Kier molecular flexibility index (Phi) is 3.46. The number of hydrogen-bond acceptors (Lipinski definition) is 2. The van der Waals surface area contributed by atoms with Crippen LogP contribution in [0.4, 0.5) is 0 Å². The molecule has 0 saturated carbocycles. The second-order valence-corrected chi connectivity index (χ2v) is 3.87. The number of nitrogens with one attached hydrogen (secondary N) is 1. The van der Waals surface area contributed by atoms with Crippen LogP contribution in [0.25, 0.3) is 0 Å². The molecule has 0 atom stereocenters. The lowest BCUT2D eigenvalue weighted by molar-refractivity contribution is -0.121. The van der Waals surface area contributed by atoms with Crippen LogP contribution in [0.3, 0.4) is 0 Å². The maximum atomic E-state index is 11.3. The first-order valence-corrected chi connectivity index (χ1v) is 4.80. The first-order valence-electron chi connectivity index (χ1n) is 4.80. The van der Waals surface area contributed by atoms with Crippen molar-refractivity contribution in [3.05, 3.63) is 35.9 Å². The van der Waals surface area contributed by atoms with Crippen LogP contribution in [0, 0.1) is 11.3 Å². The van der Waals surface area contributed by atoms with Gasteiger partial charge in [0.2, 0.25) is 5.91 Å². The van der Waals surface area contributed by atoms with Gasteiger partial charge in [-0.15, -0.1) is 0 Å². The van der Waals surface area contributed by atoms with E-state index in [4.69, 9.17) is 5.26 Å². The normalized spacial score (nSPS) is 10.5. The molecule has 1 rings (SSSR count). The fourth-order valence-electron chi connectivity index (χ4n) is 1.39. The van der Waals surface area contributed by atoms with E-state index >= 15 is 0 Å². The first-order chi connectivity index (χ1) is 7.06. The zero-order valence-electron chi connectivity index (χ0n) is 8.95. The lowest BCUT2D eigenvalue weighted by Gasteiger charge is -2.26. The molecule has 0 radical (unpaired) electrons. The molecule has 0 spiro atoms. The van der Waals surface area contributed by atoms with Crippen LogP contribution in [0.5, 0.6) is 0 Å². The topological polar surface area (TPSA) is 52.9 Å². The van der Waals surface area contributed by atoms with Crippen molar-refractivity contribution in [2.75, 3.05) is 0 Å². The van der Waals surface area contributed by atoms with Gasteiger partial charge in [0.15, 0.2) is 0 Å². The van der Waals surface area contributed by atoms with Gasteiger partial charge in [-0.05, 0) is 19.4 Å². The summed E-state index contributed by atoms with van der Waals surface area (Å²) in [5.74, 6) is -0.244. The number of hydrogen-bond donors (Lipinski definition) is 1. The Labute approximate surface area is 89.7 Å². The molecule has 0 bridgehead atoms. The number of carbonyl (C=O) groups excluding carboxylic acids is 1. The summed E-state index contributed by atoms with van der Waals surface area (Å²) < 4.78 is 0. The maximum Gasteiger partial charge on any atom is 0.234 e. The van der Waals surface area contributed by atoms with Crippen LogP contribution >= 0.6 is 0 Å². The summed E-state index contributed by atoms with van der Waals surface area (Å²) in [6.45, 7) is 3.83. The van der Waals surface area contributed by atoms with Crippen molar-refractivity contribution < 1.29 is 4.79 Å². The van der Waals surface area contributed by atoms with Crippen LogP contribution in [0.1, 0.15) is 25.8 Å². The second kappa shape index (κ2) is 4.61. The highest BCUT2D eigenvalue weighted by Gasteiger charge is 2.21. The molecule has 3 heteroatoms. The Morgan fingerprint density at radius 1 is 1.40 bits per heavy atom. The van der Waals surface area contributed by atoms with E-state index in [0.29, 0.717) is 0 Å². The molecule has 1 aromatic rings. The largest absolute Gasteiger partial charge is 0.346 e. The number of nitriles is 1. The van der Waals surface area contributed by atoms with Gasteiger partial charge in [0, 0.05) is 0 Å². The summed E-state index contributed by atoms with van der Waals surface area (Å²) in [6.07, 6.45) is -0.101. The minimum atomic E-state index is -0.435. The van der Waals surface area contributed by atoms with E-state index in [0.717, 1.165) is 5.56 Å². The Morgan fingerprint density at radius 3 is 2.53 bits per heavy atom. The highest BCUT2D eigenvalue weighted by Crippen LogP contribution is 2.19. The predicted molar refractivity (Wildman–Crippen MR) is 57.8 cm³/mol. The minimum Gasteiger partial charge on any atom is -0.346 e. The quantitative estimate of drug-likeness (QED) is 0.814. The summed E-state index contributed by atoms with van der Waals surface area (Å²) in [5.41, 5.74) is 0.589. The van der Waals surface area contributed by atoms with E-state index in [2.05, 4.69) is 5.32 Å². The zero-order valence-corrected chi connectivity index (χ0v) is 8.95. The summed E-state index contributed by atoms with van der Waals surface area (Å²) in [5, 5.41) is 11.2. The molecule has 0 aromatic heterocycles. The van der Waals surface area contributed by atoms with Crippen molar-refractivity contribution in [1.29, 1.82) is 5.26 Å². The van der Waals surface area contributed by atoms with E-state index < -0.39 is 5.54 Å². The Hall–Kier alpha value is -1.82. The smallest absolute Gasteiger partial charge is 0.234 e. The predicted octanol–water partition coefficient (Wildman–Crippen LogP) is 1.95. The molecule has 0 aliphatic carbocycles. The van der Waals surface area contributed by atoms with Crippen molar-refractivity contribution >= 4 is 5.91 Å². The summed E-state index contributed by atoms with van der Waals surface area (Å²) in [6, 6.07) is 11.5. The third-order valence-corrected chi connectivity index (χ3v) is 2.19. The summed E-state index contributed by atoms with van der Waals surface area (Å²) in [7, 11) is 0. The van der Waals surface area contributed by atoms with E-state index in [1.165, 1.54) is 0 Å². The van der Waals surface area contributed by atoms with Crippen molar-refractivity contribution in [2.24, 2.45) is 0 Å². The average Bonchev–Trinajstić information content (AvgIpc) is 2.18. The monoisotopic (exact) mass is 202 g/mol. The van der Waals surface area contributed by atoms with Crippen molar-refractivity contribution in [2.45, 2.75) is 25.8 Å². The Balaban J connectivity index is 2.76. The van der Waals surface area contributed by atoms with Gasteiger partial charge in [-0.1, -0.05) is 30.3 Å². The molecular formula is C12H14N2O. The third-order valence-electron chi connectivity index (χ3n) is 2.19. The molecule has 0 aliphatic heterocycles. The van der Waals surface area contributed by atoms with Crippen LogP contribution in [-0.4, -0.2) is 5.91 Å². The molecule has 0 aliphatic rings. The van der Waals surface area contributed by atoms with Crippen LogP contribution in [-0.2, 0) is 10.3 Å². The number of rotatable bonds is 3. The van der Waals surface area contributed by atoms with Crippen LogP contribution < -0.4 is 5.32 Å². The van der Waals surface area contributed by atoms with Crippen molar-refractivity contribution in [1.82, 2.24) is 5.32 Å². The van der Waals surface area contributed by atoms with Gasteiger partial charge >= 0.3 is 0 Å². The zero-order chi connectivity index (χ0) is 11.3. The van der Waals surface area contributed by atoms with E-state index in [1.54, 1.807) is 0 Å². The first kappa shape index (κ1) is 11.3. The second-order valence-electron chi connectivity index (χ2n) is 3.87. The molecule has 0 saturated heterocycles. The molecule has 1 N–H and O–H groups in total. The highest BCUT2D eigenvalue weighted by atomic mass is 16.1. The lowest BCUT2D eigenvalue weighted by Crippen LogP contribution is -2.40. The molecular weight excluding hydrogens is 188 g/mol. The maximum absolute atomic E-state index is 11.3. The van der Waals surface area contributed by atoms with E-state index in [1.807, 2.05) is 50.2 Å². The number of benzene rings is 1. The fraction of sp³-hybridized carbons (Fsp3) is 0.333. The molecule has 0 heterocycles. The Morgan fingerprint density at radius 2 is 2.00 bits per heavy atom. The molecule has 0 fully saturated rings. The lowest BCUT2D eigenvalue weighted by atomic mass is 9.94. The van der Waals surface area contributed by atoms with E-state index in [9.17, 15) is 4.79 Å². The van der Waals surface area contributed by atoms with Gasteiger partial charge in [-0.25, -0.2) is 0 Å².